The monoisotopic (exact) mass is 328 g/mol. The van der Waals surface area contributed by atoms with Gasteiger partial charge in [0.2, 0.25) is 0 Å². The van der Waals surface area contributed by atoms with Crippen molar-refractivity contribution in [3.05, 3.63) is 46.6 Å². The summed E-state index contributed by atoms with van der Waals surface area (Å²) < 4.78 is 7.41. The van der Waals surface area contributed by atoms with Gasteiger partial charge in [-0.2, -0.15) is 0 Å². The highest BCUT2D eigenvalue weighted by atomic mass is 32.1. The number of thiazole rings is 1. The zero-order chi connectivity index (χ0) is 16.6. The van der Waals surface area contributed by atoms with Crippen LogP contribution in [0.2, 0.25) is 0 Å². The molecule has 3 aromatic rings. The summed E-state index contributed by atoms with van der Waals surface area (Å²) in [6.07, 6.45) is 2.72. The molecule has 0 atom stereocenters. The number of carbonyl (C=O) groups is 1. The van der Waals surface area contributed by atoms with Gasteiger partial charge in [0.15, 0.2) is 4.96 Å². The van der Waals surface area contributed by atoms with Crippen molar-refractivity contribution in [1.82, 2.24) is 9.38 Å². The summed E-state index contributed by atoms with van der Waals surface area (Å²) in [5.74, 6) is -0.284. The molecule has 0 bridgehead atoms. The number of aliphatic carboxylic acids is 1. The third kappa shape index (κ3) is 2.61. The molecule has 2 aromatic heterocycles. The van der Waals surface area contributed by atoms with Crippen molar-refractivity contribution in [3.63, 3.8) is 0 Å². The Morgan fingerprint density at radius 2 is 2.09 bits per heavy atom. The lowest BCUT2D eigenvalue weighted by Gasteiger charge is -2.07. The van der Waals surface area contributed by atoms with Gasteiger partial charge in [-0.1, -0.05) is 12.1 Å². The lowest BCUT2D eigenvalue weighted by atomic mass is 10.1. The molecule has 0 aliphatic rings. The van der Waals surface area contributed by atoms with E-state index in [1.807, 2.05) is 42.5 Å². The summed E-state index contributed by atoms with van der Waals surface area (Å²) >= 11 is 1.59. The number of hydrogen-bond acceptors (Lipinski definition) is 4. The van der Waals surface area contributed by atoms with Crippen molar-refractivity contribution in [2.75, 3.05) is 7.11 Å². The van der Waals surface area contributed by atoms with Crippen molar-refractivity contribution in [3.8, 4) is 17.0 Å². The van der Waals surface area contributed by atoms with Crippen LogP contribution in [0.3, 0.4) is 0 Å². The molecule has 6 heteroatoms. The van der Waals surface area contributed by atoms with Gasteiger partial charge in [0.05, 0.1) is 12.8 Å². The molecule has 23 heavy (non-hydrogen) atoms. The number of fused-ring (bicyclic) bond motifs is 1. The molecule has 0 aliphatic heterocycles. The van der Waals surface area contributed by atoms with Crippen molar-refractivity contribution in [2.24, 2.45) is 0 Å². The first kappa shape index (κ1) is 15.3. The lowest BCUT2D eigenvalue weighted by Crippen LogP contribution is -1.94. The number of aryl methyl sites for hydroxylation is 2. The Bertz CT molecular complexity index is 921. The molecule has 0 saturated carbocycles. The second kappa shape index (κ2) is 5.89. The van der Waals surface area contributed by atoms with Gasteiger partial charge in [-0.05, 0) is 32.1 Å². The SMILES string of the molecule is COc1ccccc1-c1nc2sc(C)c(C)n2c1/C=C/C(=O)O. The zero-order valence-corrected chi connectivity index (χ0v) is 13.8. The summed E-state index contributed by atoms with van der Waals surface area (Å²) in [4.78, 5) is 17.7. The molecule has 0 aliphatic carbocycles. The van der Waals surface area contributed by atoms with Gasteiger partial charge < -0.3 is 9.84 Å². The number of carboxylic acid groups (broad SMARTS) is 1. The number of benzene rings is 1. The number of ether oxygens (including phenoxy) is 1. The molecule has 1 aromatic carbocycles. The van der Waals surface area contributed by atoms with Crippen molar-refractivity contribution in [2.45, 2.75) is 13.8 Å². The third-order valence-electron chi connectivity index (χ3n) is 3.72. The highest BCUT2D eigenvalue weighted by molar-refractivity contribution is 7.17. The number of nitrogens with zero attached hydrogens (tertiary/aromatic N) is 2. The molecule has 0 saturated heterocycles. The van der Waals surface area contributed by atoms with Crippen LogP contribution in [0.25, 0.3) is 22.3 Å². The number of imidazole rings is 1. The fourth-order valence-electron chi connectivity index (χ4n) is 2.51. The molecule has 0 spiro atoms. The highest BCUT2D eigenvalue weighted by Gasteiger charge is 2.19. The van der Waals surface area contributed by atoms with Gasteiger partial charge in [0.1, 0.15) is 11.4 Å². The average molecular weight is 328 g/mol. The topological polar surface area (TPSA) is 63.8 Å². The first-order valence-electron chi connectivity index (χ1n) is 7.05. The predicted molar refractivity (Wildman–Crippen MR) is 91.2 cm³/mol. The highest BCUT2D eigenvalue weighted by Crippen LogP contribution is 2.35. The second-order valence-corrected chi connectivity index (χ2v) is 6.26. The largest absolute Gasteiger partial charge is 0.496 e. The molecule has 0 fully saturated rings. The standard InChI is InChI=1S/C17H16N2O3S/c1-10-11(2)23-17-18-16(12-6-4-5-7-14(12)22-3)13(19(10)17)8-9-15(20)21/h4-9H,1-3H3,(H,20,21)/b9-8+. The van der Waals surface area contributed by atoms with Crippen molar-refractivity contribution >= 4 is 28.3 Å². The average Bonchev–Trinajstić information content (AvgIpc) is 3.02. The van der Waals surface area contributed by atoms with E-state index >= 15 is 0 Å². The van der Waals surface area contributed by atoms with E-state index < -0.39 is 5.97 Å². The number of para-hydroxylation sites is 1. The van der Waals surface area contributed by atoms with Crippen LogP contribution in [-0.4, -0.2) is 27.6 Å². The van der Waals surface area contributed by atoms with Gasteiger partial charge >= 0.3 is 5.97 Å². The number of rotatable bonds is 4. The number of hydrogen-bond donors (Lipinski definition) is 1. The number of carboxylic acids is 1. The molecule has 0 unspecified atom stereocenters. The zero-order valence-electron chi connectivity index (χ0n) is 13.0. The van der Waals surface area contributed by atoms with Crippen molar-refractivity contribution < 1.29 is 14.6 Å². The van der Waals surface area contributed by atoms with E-state index in [0.717, 1.165) is 32.9 Å². The molecule has 1 N–H and O–H groups in total. The van der Waals surface area contributed by atoms with Crippen LogP contribution < -0.4 is 4.74 Å². The van der Waals surface area contributed by atoms with Crippen LogP contribution in [0.5, 0.6) is 5.75 Å². The van der Waals surface area contributed by atoms with E-state index in [2.05, 4.69) is 0 Å². The number of aromatic nitrogens is 2. The van der Waals surface area contributed by atoms with E-state index in [9.17, 15) is 4.79 Å². The Kier molecular flexibility index (Phi) is 3.92. The van der Waals surface area contributed by atoms with E-state index in [0.29, 0.717) is 11.4 Å². The van der Waals surface area contributed by atoms with Crippen LogP contribution in [0.4, 0.5) is 0 Å². The molecular formula is C17H16N2O3S. The molecule has 0 amide bonds. The summed E-state index contributed by atoms with van der Waals surface area (Å²) in [5, 5.41) is 8.98. The summed E-state index contributed by atoms with van der Waals surface area (Å²) in [6, 6.07) is 7.59. The second-order valence-electron chi connectivity index (χ2n) is 5.08. The Balaban J connectivity index is 2.32. The molecule has 118 valence electrons. The minimum absolute atomic E-state index is 0.706. The minimum Gasteiger partial charge on any atom is -0.496 e. The smallest absolute Gasteiger partial charge is 0.328 e. The van der Waals surface area contributed by atoms with Crippen LogP contribution in [0, 0.1) is 13.8 Å². The van der Waals surface area contributed by atoms with Crippen LogP contribution in [0.15, 0.2) is 30.3 Å². The van der Waals surface area contributed by atoms with Crippen LogP contribution >= 0.6 is 11.3 Å². The van der Waals surface area contributed by atoms with Gasteiger partial charge in [0.25, 0.3) is 0 Å². The normalized spacial score (nSPS) is 11.4. The first-order valence-corrected chi connectivity index (χ1v) is 7.87. The summed E-state index contributed by atoms with van der Waals surface area (Å²) in [5.41, 5.74) is 3.36. The van der Waals surface area contributed by atoms with Crippen LogP contribution in [-0.2, 0) is 4.79 Å². The third-order valence-corrected chi connectivity index (χ3v) is 4.78. The maximum atomic E-state index is 11.0. The van der Waals surface area contributed by atoms with Gasteiger partial charge in [-0.3, -0.25) is 4.40 Å². The Morgan fingerprint density at radius 3 is 2.78 bits per heavy atom. The minimum atomic E-state index is -0.990. The molecule has 5 nitrogen and oxygen atoms in total. The Hall–Kier alpha value is -2.60. The molecule has 3 rings (SSSR count). The molecule has 0 radical (unpaired) electrons. The van der Waals surface area contributed by atoms with Gasteiger partial charge in [-0.15, -0.1) is 11.3 Å². The summed E-state index contributed by atoms with van der Waals surface area (Å²) in [6.45, 7) is 4.03. The number of methoxy groups -OCH3 is 1. The Morgan fingerprint density at radius 1 is 1.35 bits per heavy atom. The van der Waals surface area contributed by atoms with Crippen LogP contribution in [0.1, 0.15) is 16.3 Å². The van der Waals surface area contributed by atoms with E-state index in [4.69, 9.17) is 14.8 Å². The first-order chi connectivity index (χ1) is 11.0. The molecular weight excluding hydrogens is 312 g/mol. The summed E-state index contributed by atoms with van der Waals surface area (Å²) in [7, 11) is 1.61. The Labute approximate surface area is 137 Å². The fraction of sp³-hybridized carbons (Fsp3) is 0.176. The van der Waals surface area contributed by atoms with E-state index in [1.54, 1.807) is 24.5 Å². The quantitative estimate of drug-likeness (QED) is 0.740. The molecule has 2 heterocycles. The van der Waals surface area contributed by atoms with E-state index in [1.165, 1.54) is 0 Å². The fourth-order valence-corrected chi connectivity index (χ4v) is 3.49. The van der Waals surface area contributed by atoms with Gasteiger partial charge in [-0.25, -0.2) is 9.78 Å². The van der Waals surface area contributed by atoms with Crippen molar-refractivity contribution in [1.29, 1.82) is 0 Å². The van der Waals surface area contributed by atoms with Gasteiger partial charge in [0, 0.05) is 22.2 Å². The lowest BCUT2D eigenvalue weighted by molar-refractivity contribution is -0.131. The predicted octanol–water partition coefficient (Wildman–Crippen LogP) is 3.79. The van der Waals surface area contributed by atoms with E-state index in [-0.39, 0.29) is 0 Å². The maximum Gasteiger partial charge on any atom is 0.328 e. The maximum absolute atomic E-state index is 11.0.